The van der Waals surface area contributed by atoms with Crippen LogP contribution >= 0.6 is 0 Å². The molecule has 0 radical (unpaired) electrons. The van der Waals surface area contributed by atoms with E-state index < -0.39 is 75.5 Å². The van der Waals surface area contributed by atoms with E-state index in [1.807, 2.05) is 0 Å². The number of hydrogen-bond donors (Lipinski definition) is 1. The molecule has 0 aliphatic rings. The van der Waals surface area contributed by atoms with Crippen LogP contribution in [0.1, 0.15) is 38.2 Å². The summed E-state index contributed by atoms with van der Waals surface area (Å²) in [6, 6.07) is 8.61. The molecule has 20 nitrogen and oxygen atoms in total. The zero-order valence-electron chi connectivity index (χ0n) is 29.8. The molecule has 0 saturated heterocycles. The van der Waals surface area contributed by atoms with Gasteiger partial charge in [0.05, 0.1) is 37.0 Å². The number of azo groups is 1. The molecule has 0 fully saturated rings. The normalized spacial score (nSPS) is 11.9. The molecule has 272 valence electrons. The van der Waals surface area contributed by atoms with Crippen molar-refractivity contribution in [2.75, 3.05) is 34.8 Å². The maximum atomic E-state index is 12.1. The number of hydrogen-bond acceptors (Lipinski definition) is 18. The number of nitrogens with one attached hydrogen (secondary N) is 1. The molecule has 1 aromatic heterocycles. The Kier molecular flexibility index (Phi) is 29.4. The molecule has 1 N–H and O–H groups in total. The minimum Gasteiger partial charge on any atom is -0.748 e. The number of benzene rings is 2. The predicted octanol–water partition coefficient (Wildman–Crippen LogP) is -10.3. The minimum absolute atomic E-state index is 0. The van der Waals surface area contributed by atoms with Gasteiger partial charge in [-0.05, 0) is 62.1 Å². The third kappa shape index (κ3) is 20.6. The summed E-state index contributed by atoms with van der Waals surface area (Å²) in [5, 5.41) is 24.3. The Bertz CT molecular complexity index is 2130. The van der Waals surface area contributed by atoms with Gasteiger partial charge in [-0.2, -0.15) is 10.4 Å². The number of carbonyl (C=O) groups is 1. The summed E-state index contributed by atoms with van der Waals surface area (Å²) in [6.45, 7) is 1.59. The summed E-state index contributed by atoms with van der Waals surface area (Å²) in [6.07, 6.45) is 1.52. The van der Waals surface area contributed by atoms with E-state index >= 15 is 0 Å². The van der Waals surface area contributed by atoms with E-state index in [4.69, 9.17) is 4.18 Å². The van der Waals surface area contributed by atoms with Gasteiger partial charge in [0.15, 0.2) is 11.6 Å². The fourth-order valence-corrected chi connectivity index (χ4v) is 6.28. The Balaban J connectivity index is 0. The first-order chi connectivity index (χ1) is 23.3. The van der Waals surface area contributed by atoms with E-state index in [-0.39, 0.29) is 267 Å². The predicted molar refractivity (Wildman–Crippen MR) is 171 cm³/mol. The number of aromatic nitrogens is 2. The fourth-order valence-electron chi connectivity index (χ4n) is 4.39. The number of rotatable bonds is 18. The van der Waals surface area contributed by atoms with Crippen molar-refractivity contribution >= 4 is 70.5 Å². The number of amides is 1. The van der Waals surface area contributed by atoms with Crippen LogP contribution in [0.5, 0.6) is 5.75 Å². The van der Waals surface area contributed by atoms with Crippen LogP contribution in [0.25, 0.3) is 5.69 Å². The van der Waals surface area contributed by atoms with Gasteiger partial charge in [0.2, 0.25) is 5.91 Å². The first-order valence-electron chi connectivity index (χ1n) is 14.1. The molecule has 1 amide bonds. The summed E-state index contributed by atoms with van der Waals surface area (Å²) in [5.74, 6) is -2.61. The summed E-state index contributed by atoms with van der Waals surface area (Å²) >= 11 is -3.16. The van der Waals surface area contributed by atoms with Gasteiger partial charge < -0.3 is 32.6 Å². The van der Waals surface area contributed by atoms with E-state index in [0.717, 1.165) is 29.1 Å². The van der Waals surface area contributed by atoms with Crippen molar-refractivity contribution in [1.82, 2.24) is 9.78 Å². The molecule has 0 aliphatic heterocycles. The van der Waals surface area contributed by atoms with Gasteiger partial charge >= 0.3 is 206 Å². The van der Waals surface area contributed by atoms with E-state index in [2.05, 4.69) is 20.6 Å². The first-order valence-corrected chi connectivity index (χ1v) is 19.6. The fraction of sp³-hybridized carbons (Fsp3) is 0.346. The average molecular weight is 930 g/mol. The van der Waals surface area contributed by atoms with E-state index in [9.17, 15) is 57.7 Å². The number of unbranched alkanes of at least 4 members (excludes halogenated alkanes) is 2. The second-order valence-electron chi connectivity index (χ2n) is 10.3. The Morgan fingerprint density at radius 1 is 0.926 bits per heavy atom. The van der Waals surface area contributed by atoms with Crippen molar-refractivity contribution < 1.29 is 262 Å². The van der Waals surface area contributed by atoms with Crippen molar-refractivity contribution in [3.8, 4) is 17.5 Å². The molecular weight excluding hydrogens is 903 g/mol. The van der Waals surface area contributed by atoms with Gasteiger partial charge in [0.25, 0.3) is 0 Å². The molecule has 3 rings (SSSR count). The van der Waals surface area contributed by atoms with Crippen LogP contribution in [0.3, 0.4) is 0 Å². The molecule has 0 aliphatic carbocycles. The summed E-state index contributed by atoms with van der Waals surface area (Å²) in [5.41, 5.74) is -0.133. The van der Waals surface area contributed by atoms with Crippen LogP contribution in [0.4, 0.5) is 22.9 Å². The molecule has 1 heterocycles. The standard InChI is InChI=1S/C26H31N7O13S4.4K/c1-18(34)29-23-14-20(32(10-2-4-12-48(37,38)39)11-3-5-13-49(40,41)42)6-8-22(23)30-31-26-19(16-27)17-28-33(26)24-15-21(50(43,44)45)7-9-25(24)46-47(35)36;;;;/h6-9,14-15,17H,2-5,10-13H2,1H3,(H,29,34)(H,35,36)(H,37,38,39)(H,40,41,42)(H,43,44,45);;;;/q;4*+1/p-4. The van der Waals surface area contributed by atoms with Crippen LogP contribution in [-0.4, -0.2) is 88.0 Å². The van der Waals surface area contributed by atoms with Crippen molar-refractivity contribution in [2.45, 2.75) is 37.5 Å². The van der Waals surface area contributed by atoms with Gasteiger partial charge in [0.1, 0.15) is 44.5 Å². The second kappa shape index (κ2) is 27.2. The van der Waals surface area contributed by atoms with Crippen molar-refractivity contribution in [1.29, 1.82) is 5.26 Å². The maximum Gasteiger partial charge on any atom is 1.00 e. The van der Waals surface area contributed by atoms with Crippen molar-refractivity contribution in [3.63, 3.8) is 0 Å². The smallest absolute Gasteiger partial charge is 0.748 e. The zero-order chi connectivity index (χ0) is 37.3. The van der Waals surface area contributed by atoms with Gasteiger partial charge in [-0.3, -0.25) is 4.79 Å². The molecule has 28 heteroatoms. The van der Waals surface area contributed by atoms with Crippen molar-refractivity contribution in [2.24, 2.45) is 10.2 Å². The Morgan fingerprint density at radius 3 is 1.98 bits per heavy atom. The van der Waals surface area contributed by atoms with Crippen LogP contribution in [0.15, 0.2) is 57.7 Å². The molecule has 1 atom stereocenters. The molecule has 1 unspecified atom stereocenters. The topological polar surface area (TPSA) is 320 Å². The Hall–Kier alpha value is 2.20. The van der Waals surface area contributed by atoms with Crippen molar-refractivity contribution in [3.05, 3.63) is 48.2 Å². The van der Waals surface area contributed by atoms with E-state index in [1.54, 1.807) is 11.0 Å². The molecule has 2 aromatic carbocycles. The van der Waals surface area contributed by atoms with Crippen LogP contribution in [-0.2, 0) is 46.5 Å². The minimum atomic E-state index is -5.05. The zero-order valence-corrected chi connectivity index (χ0v) is 45.6. The Labute approximate surface area is 485 Å². The largest absolute Gasteiger partial charge is 1.00 e. The molecular formula is C26H27K4N7O13S4. The number of carbonyl (C=O) groups excluding carboxylic acids is 1. The summed E-state index contributed by atoms with van der Waals surface area (Å²) < 4.78 is 129. The summed E-state index contributed by atoms with van der Waals surface area (Å²) in [4.78, 5) is 13.0. The van der Waals surface area contributed by atoms with Gasteiger partial charge in [-0.25, -0.2) is 34.1 Å². The average Bonchev–Trinajstić information content (AvgIpc) is 3.40. The third-order valence-corrected chi connectivity index (χ3v) is 9.25. The van der Waals surface area contributed by atoms with Crippen LogP contribution in [0.2, 0.25) is 0 Å². The molecule has 3 aromatic rings. The molecule has 0 bridgehead atoms. The van der Waals surface area contributed by atoms with Crippen LogP contribution in [0, 0.1) is 11.3 Å². The van der Waals surface area contributed by atoms with E-state index in [0.29, 0.717) is 5.69 Å². The van der Waals surface area contributed by atoms with E-state index in [1.165, 1.54) is 25.1 Å². The number of nitriles is 1. The number of nitrogens with zero attached hydrogens (tertiary/aromatic N) is 6. The SMILES string of the molecule is CC(=O)Nc1cc(N(CCCCS(=O)(=O)[O-])CCCCS(=O)(=O)[O-])ccc1N=Nc1c(C#N)cnn1-c1cc(S(=O)(=O)[O-])ccc1OS(=O)[O-].[K+].[K+].[K+].[K+]. The van der Waals surface area contributed by atoms with Crippen LogP contribution < -0.4 is 220 Å². The summed E-state index contributed by atoms with van der Waals surface area (Å²) in [7, 11) is -14.0. The molecule has 0 spiro atoms. The monoisotopic (exact) mass is 929 g/mol. The van der Waals surface area contributed by atoms with Gasteiger partial charge in [-0.1, -0.05) is 0 Å². The van der Waals surface area contributed by atoms with Gasteiger partial charge in [0, 0.05) is 37.2 Å². The number of anilines is 2. The third-order valence-electron chi connectivity index (χ3n) is 6.52. The maximum absolute atomic E-state index is 12.1. The Morgan fingerprint density at radius 2 is 1.50 bits per heavy atom. The second-order valence-corrected chi connectivity index (χ2v) is 15.3. The quantitative estimate of drug-likeness (QED) is 0.0407. The first kappa shape index (κ1) is 58.3. The molecule has 54 heavy (non-hydrogen) atoms. The van der Waals surface area contributed by atoms with Gasteiger partial charge in [-0.15, -0.1) is 10.2 Å². The molecule has 0 saturated carbocycles.